The molecule has 10 nitrogen and oxygen atoms in total. The number of ether oxygens (including phenoxy) is 1. The van der Waals surface area contributed by atoms with Crippen molar-refractivity contribution in [1.82, 2.24) is 14.9 Å². The van der Waals surface area contributed by atoms with E-state index in [2.05, 4.69) is 15.5 Å². The number of alkyl carbamates (subject to hydrolysis) is 1. The van der Waals surface area contributed by atoms with Crippen molar-refractivity contribution in [3.63, 3.8) is 0 Å². The minimum absolute atomic E-state index is 0.0775. The van der Waals surface area contributed by atoms with Crippen LogP contribution in [-0.4, -0.2) is 52.0 Å². The number of hydrogen-bond acceptors (Lipinski definition) is 7. The number of nitrogens with one attached hydrogen (secondary N) is 2. The number of carbonyl (C=O) groups excluding carboxylic acids is 1. The molecule has 1 aromatic heterocycles. The highest BCUT2D eigenvalue weighted by Crippen LogP contribution is 2.46. The van der Waals surface area contributed by atoms with Gasteiger partial charge in [-0.1, -0.05) is 18.2 Å². The van der Waals surface area contributed by atoms with Gasteiger partial charge in [0.05, 0.1) is 22.5 Å². The summed E-state index contributed by atoms with van der Waals surface area (Å²) < 4.78 is 6.92. The lowest BCUT2D eigenvalue weighted by Gasteiger charge is -2.25. The summed E-state index contributed by atoms with van der Waals surface area (Å²) in [5.74, 6) is 0.196. The maximum Gasteiger partial charge on any atom is 0.407 e. The molecule has 38 heavy (non-hydrogen) atoms. The molecule has 0 bridgehead atoms. The molecule has 198 valence electrons. The highest BCUT2D eigenvalue weighted by molar-refractivity contribution is 5.94. The van der Waals surface area contributed by atoms with Crippen molar-refractivity contribution in [2.75, 3.05) is 23.3 Å². The monoisotopic (exact) mass is 517 g/mol. The van der Waals surface area contributed by atoms with Gasteiger partial charge in [-0.3, -0.25) is 9.36 Å². The summed E-state index contributed by atoms with van der Waals surface area (Å²) in [5.41, 5.74) is 2.91. The number of benzene rings is 2. The fourth-order valence-corrected chi connectivity index (χ4v) is 5.67. The van der Waals surface area contributed by atoms with Gasteiger partial charge in [-0.15, -0.1) is 0 Å². The van der Waals surface area contributed by atoms with Gasteiger partial charge in [-0.2, -0.15) is 0 Å². The van der Waals surface area contributed by atoms with E-state index < -0.39 is 5.97 Å². The standard InChI is InChI=1S/C28H31N5O5/c1-14-10-18(15(2)29-22-7-5-4-6-17(22)26(35)36)23-19(11-14)25(34)32(3)27(30-23)33-12-20-21(13-33)24(20)31-28(37)38-16-8-9-16/h4-7,10-11,15-16,20-21,24,29H,8-9,12-13H2,1-3H3,(H,31,37)(H,35,36)/t15?,20-,21+,24?. The Morgan fingerprint density at radius 2 is 1.87 bits per heavy atom. The van der Waals surface area contributed by atoms with E-state index in [1.807, 2.05) is 26.0 Å². The van der Waals surface area contributed by atoms with Gasteiger partial charge in [-0.05, 0) is 50.5 Å². The molecule has 3 aliphatic rings. The van der Waals surface area contributed by atoms with Gasteiger partial charge >= 0.3 is 12.1 Å². The summed E-state index contributed by atoms with van der Waals surface area (Å²) in [6.07, 6.45) is 1.64. The summed E-state index contributed by atoms with van der Waals surface area (Å²) in [6, 6.07) is 10.4. The van der Waals surface area contributed by atoms with Gasteiger partial charge < -0.3 is 25.4 Å². The van der Waals surface area contributed by atoms with Crippen LogP contribution in [0.3, 0.4) is 0 Å². The molecule has 4 atom stereocenters. The van der Waals surface area contributed by atoms with Gasteiger partial charge in [0, 0.05) is 49.3 Å². The number of piperidine rings is 1. The summed E-state index contributed by atoms with van der Waals surface area (Å²) >= 11 is 0. The molecular formula is C28H31N5O5. The molecular weight excluding hydrogens is 486 g/mol. The topological polar surface area (TPSA) is 126 Å². The van der Waals surface area contributed by atoms with Crippen LogP contribution in [0.15, 0.2) is 41.2 Å². The minimum Gasteiger partial charge on any atom is -0.478 e. The Bertz CT molecular complexity index is 1500. The van der Waals surface area contributed by atoms with Gasteiger partial charge in [0.25, 0.3) is 5.56 Å². The summed E-state index contributed by atoms with van der Waals surface area (Å²) in [4.78, 5) is 44.3. The van der Waals surface area contributed by atoms with Crippen molar-refractivity contribution >= 4 is 34.6 Å². The first kappa shape index (κ1) is 24.3. The number of fused-ring (bicyclic) bond motifs is 2. The number of carbonyl (C=O) groups is 2. The van der Waals surface area contributed by atoms with Crippen LogP contribution in [0.4, 0.5) is 16.4 Å². The predicted octanol–water partition coefficient (Wildman–Crippen LogP) is 3.44. The minimum atomic E-state index is -1.01. The van der Waals surface area contributed by atoms with Crippen molar-refractivity contribution in [3.8, 4) is 0 Å². The number of carboxylic acid groups (broad SMARTS) is 1. The van der Waals surface area contributed by atoms with E-state index in [0.29, 0.717) is 47.5 Å². The normalized spacial score (nSPS) is 22.6. The number of anilines is 2. The smallest absolute Gasteiger partial charge is 0.407 e. The van der Waals surface area contributed by atoms with E-state index in [1.54, 1.807) is 35.9 Å². The van der Waals surface area contributed by atoms with Gasteiger partial charge in [-0.25, -0.2) is 14.6 Å². The zero-order valence-electron chi connectivity index (χ0n) is 21.6. The Balaban J connectivity index is 1.27. The van der Waals surface area contributed by atoms with Crippen molar-refractivity contribution < 1.29 is 19.4 Å². The Labute approximate surface area is 219 Å². The Morgan fingerprint density at radius 1 is 1.16 bits per heavy atom. The SMILES string of the molecule is Cc1cc(C(C)Nc2ccccc2C(=O)O)c2nc(N3C[C@@H]4C(NC(=O)OC5CC5)[C@@H]4C3)n(C)c(=O)c2c1. The zero-order valence-corrected chi connectivity index (χ0v) is 21.6. The number of carboxylic acids is 1. The van der Waals surface area contributed by atoms with Crippen LogP contribution < -0.4 is 21.1 Å². The van der Waals surface area contributed by atoms with E-state index in [1.165, 1.54) is 0 Å². The van der Waals surface area contributed by atoms with E-state index in [0.717, 1.165) is 24.0 Å². The van der Waals surface area contributed by atoms with Crippen molar-refractivity contribution in [1.29, 1.82) is 0 Å². The fourth-order valence-electron chi connectivity index (χ4n) is 5.67. The third-order valence-corrected chi connectivity index (χ3v) is 7.89. The van der Waals surface area contributed by atoms with Crippen LogP contribution in [0.2, 0.25) is 0 Å². The fraction of sp³-hybridized carbons (Fsp3) is 0.429. The molecule has 0 radical (unpaired) electrons. The number of amides is 1. The van der Waals surface area contributed by atoms with Crippen molar-refractivity contribution in [2.45, 2.75) is 44.9 Å². The zero-order chi connectivity index (χ0) is 26.7. The number of para-hydroxylation sites is 1. The number of aromatic carboxylic acids is 1. The third kappa shape index (κ3) is 4.33. The maximum atomic E-state index is 13.5. The maximum absolute atomic E-state index is 13.5. The molecule has 1 amide bonds. The highest BCUT2D eigenvalue weighted by atomic mass is 16.6. The number of rotatable bonds is 7. The van der Waals surface area contributed by atoms with Crippen molar-refractivity contribution in [2.24, 2.45) is 18.9 Å². The average molecular weight is 518 g/mol. The van der Waals surface area contributed by atoms with Crippen LogP contribution in [0, 0.1) is 18.8 Å². The van der Waals surface area contributed by atoms with Gasteiger partial charge in [0.1, 0.15) is 6.10 Å². The number of hydrogen-bond donors (Lipinski definition) is 3. The molecule has 6 rings (SSSR count). The number of nitrogens with zero attached hydrogens (tertiary/aromatic N) is 3. The summed E-state index contributed by atoms with van der Waals surface area (Å²) in [7, 11) is 1.74. The second kappa shape index (κ2) is 9.04. The second-order valence-corrected chi connectivity index (χ2v) is 10.8. The number of aryl methyl sites for hydroxylation is 1. The number of aromatic nitrogens is 2. The van der Waals surface area contributed by atoms with E-state index in [-0.39, 0.29) is 35.4 Å². The molecule has 3 N–H and O–H groups in total. The third-order valence-electron chi connectivity index (χ3n) is 7.89. The Morgan fingerprint density at radius 3 is 2.55 bits per heavy atom. The lowest BCUT2D eigenvalue weighted by molar-refractivity contribution is 0.0697. The van der Waals surface area contributed by atoms with Gasteiger partial charge in [0.2, 0.25) is 5.95 Å². The molecule has 3 fully saturated rings. The second-order valence-electron chi connectivity index (χ2n) is 10.8. The summed E-state index contributed by atoms with van der Waals surface area (Å²) in [6.45, 7) is 5.27. The molecule has 1 aliphatic heterocycles. The molecule has 1 saturated heterocycles. The van der Waals surface area contributed by atoms with E-state index in [9.17, 15) is 19.5 Å². The highest BCUT2D eigenvalue weighted by Gasteiger charge is 2.57. The molecule has 2 saturated carbocycles. The van der Waals surface area contributed by atoms with Crippen LogP contribution in [-0.2, 0) is 11.8 Å². The lowest BCUT2D eigenvalue weighted by Crippen LogP contribution is -2.37. The Kier molecular flexibility index (Phi) is 5.77. The van der Waals surface area contributed by atoms with Crippen LogP contribution in [0.5, 0.6) is 0 Å². The molecule has 2 heterocycles. The van der Waals surface area contributed by atoms with Gasteiger partial charge in [0.15, 0.2) is 0 Å². The first-order valence-corrected chi connectivity index (χ1v) is 13.0. The lowest BCUT2D eigenvalue weighted by atomic mass is 10.0. The van der Waals surface area contributed by atoms with Crippen LogP contribution in [0.1, 0.15) is 47.3 Å². The molecule has 2 aromatic carbocycles. The van der Waals surface area contributed by atoms with Crippen molar-refractivity contribution in [3.05, 3.63) is 63.4 Å². The average Bonchev–Trinajstić information content (AvgIpc) is 3.77. The van der Waals surface area contributed by atoms with E-state index >= 15 is 0 Å². The first-order chi connectivity index (χ1) is 18.2. The van der Waals surface area contributed by atoms with Crippen LogP contribution in [0.25, 0.3) is 10.9 Å². The predicted molar refractivity (Wildman–Crippen MR) is 143 cm³/mol. The molecule has 2 unspecified atom stereocenters. The first-order valence-electron chi connectivity index (χ1n) is 13.0. The van der Waals surface area contributed by atoms with E-state index in [4.69, 9.17) is 9.72 Å². The van der Waals surface area contributed by atoms with Crippen LogP contribution >= 0.6 is 0 Å². The molecule has 10 heteroatoms. The Hall–Kier alpha value is -4.08. The summed E-state index contributed by atoms with van der Waals surface area (Å²) in [5, 5.41) is 16.4. The quantitative estimate of drug-likeness (QED) is 0.435. The largest absolute Gasteiger partial charge is 0.478 e. The molecule has 2 aliphatic carbocycles. The molecule has 0 spiro atoms. The molecule has 3 aromatic rings.